The standard InChI is InChI=1S/C33H35F4N9O2/c1-3-20(21-8-10-22(34)11-9-21)16-24-29(28(46-19-39-42-43-46)17-25(31(38)47)30(24)48-2)44-14-12-23(13-15-44)40-32-41-26-6-4-5-7-27(26)45(32)18-33(35,36)37/h4-11,17,19-20,23H,3,12-16,18H2,1-2H3,(H2,38,47)(H,40,41). The number of amides is 1. The van der Waals surface area contributed by atoms with Crippen molar-refractivity contribution >= 4 is 28.6 Å². The maximum Gasteiger partial charge on any atom is 0.406 e. The average molecular weight is 666 g/mol. The second kappa shape index (κ2) is 13.5. The Morgan fingerprint density at radius 2 is 1.85 bits per heavy atom. The number of tetrazole rings is 1. The minimum Gasteiger partial charge on any atom is -0.496 e. The van der Waals surface area contributed by atoms with E-state index in [4.69, 9.17) is 10.5 Å². The molecule has 0 bridgehead atoms. The molecule has 3 aromatic carbocycles. The zero-order valence-corrected chi connectivity index (χ0v) is 26.4. The number of primary amides is 1. The number of methoxy groups -OCH3 is 1. The van der Waals surface area contributed by atoms with Crippen molar-refractivity contribution in [2.24, 2.45) is 5.73 Å². The molecule has 11 nitrogen and oxygen atoms in total. The molecule has 252 valence electrons. The van der Waals surface area contributed by atoms with Crippen LogP contribution in [0.5, 0.6) is 5.75 Å². The first-order chi connectivity index (χ1) is 23.1. The van der Waals surface area contributed by atoms with Crippen LogP contribution in [0.2, 0.25) is 0 Å². The number of fused-ring (bicyclic) bond motifs is 1. The van der Waals surface area contributed by atoms with Crippen LogP contribution >= 0.6 is 0 Å². The molecule has 1 saturated heterocycles. The number of carbonyl (C=O) groups is 1. The Labute approximate surface area is 273 Å². The van der Waals surface area contributed by atoms with Gasteiger partial charge in [-0.3, -0.25) is 4.79 Å². The molecular formula is C33H35F4N9O2. The quantitative estimate of drug-likeness (QED) is 0.174. The van der Waals surface area contributed by atoms with Gasteiger partial charge in [0.05, 0.1) is 35.1 Å². The predicted molar refractivity (Wildman–Crippen MR) is 172 cm³/mol. The van der Waals surface area contributed by atoms with Gasteiger partial charge in [0.15, 0.2) is 0 Å². The molecule has 1 aliphatic heterocycles. The minimum atomic E-state index is -4.42. The van der Waals surface area contributed by atoms with Gasteiger partial charge >= 0.3 is 6.18 Å². The third-order valence-corrected chi connectivity index (χ3v) is 8.81. The lowest BCUT2D eigenvalue weighted by Gasteiger charge is -2.37. The zero-order chi connectivity index (χ0) is 34.0. The molecule has 3 heterocycles. The number of aromatic nitrogens is 6. The average Bonchev–Trinajstić information content (AvgIpc) is 3.72. The lowest BCUT2D eigenvalue weighted by Crippen LogP contribution is -2.41. The summed E-state index contributed by atoms with van der Waals surface area (Å²) in [6.45, 7) is 1.88. The van der Waals surface area contributed by atoms with Crippen LogP contribution in [0.25, 0.3) is 16.7 Å². The highest BCUT2D eigenvalue weighted by Crippen LogP contribution is 2.43. The lowest BCUT2D eigenvalue weighted by atomic mass is 9.87. The fourth-order valence-corrected chi connectivity index (χ4v) is 6.53. The van der Waals surface area contributed by atoms with E-state index in [0.29, 0.717) is 66.8 Å². The Bertz CT molecular complexity index is 1880. The molecule has 1 aliphatic rings. The molecule has 15 heteroatoms. The van der Waals surface area contributed by atoms with Gasteiger partial charge in [0.25, 0.3) is 5.91 Å². The van der Waals surface area contributed by atoms with Crippen molar-refractivity contribution in [3.8, 4) is 11.4 Å². The van der Waals surface area contributed by atoms with Gasteiger partial charge in [-0.05, 0) is 77.9 Å². The van der Waals surface area contributed by atoms with Gasteiger partial charge in [-0.2, -0.15) is 17.9 Å². The molecular weight excluding hydrogens is 630 g/mol. The monoisotopic (exact) mass is 665 g/mol. The normalized spacial score (nSPS) is 14.8. The minimum absolute atomic E-state index is 0.0658. The molecule has 1 unspecified atom stereocenters. The molecule has 2 aromatic heterocycles. The number of nitrogens with zero attached hydrogens (tertiary/aromatic N) is 7. The second-order valence-corrected chi connectivity index (χ2v) is 11.8. The summed E-state index contributed by atoms with van der Waals surface area (Å²) in [5.74, 6) is -0.595. The highest BCUT2D eigenvalue weighted by molar-refractivity contribution is 5.98. The Morgan fingerprint density at radius 1 is 1.12 bits per heavy atom. The SMILES string of the molecule is CCC(Cc1c(OC)c(C(N)=O)cc(-n2cnnn2)c1N1CCC(Nc2nc3ccccc3n2CC(F)(F)F)CC1)c1ccc(F)cc1. The van der Waals surface area contributed by atoms with Gasteiger partial charge in [-0.25, -0.2) is 9.37 Å². The summed E-state index contributed by atoms with van der Waals surface area (Å²) in [6, 6.07) is 14.5. The smallest absolute Gasteiger partial charge is 0.406 e. The summed E-state index contributed by atoms with van der Waals surface area (Å²) in [7, 11) is 1.48. The fourth-order valence-electron chi connectivity index (χ4n) is 6.53. The van der Waals surface area contributed by atoms with Crippen molar-refractivity contribution < 1.29 is 27.1 Å². The van der Waals surface area contributed by atoms with Crippen LogP contribution in [0, 0.1) is 5.82 Å². The van der Waals surface area contributed by atoms with Gasteiger partial charge in [-0.1, -0.05) is 31.2 Å². The third-order valence-electron chi connectivity index (χ3n) is 8.81. The maximum absolute atomic E-state index is 13.8. The summed E-state index contributed by atoms with van der Waals surface area (Å²) in [6.07, 6.45) is -0.725. The first-order valence-corrected chi connectivity index (χ1v) is 15.6. The number of ether oxygens (including phenoxy) is 1. The number of para-hydroxylation sites is 2. The van der Waals surface area contributed by atoms with Crippen LogP contribution < -0.4 is 20.7 Å². The van der Waals surface area contributed by atoms with E-state index < -0.39 is 18.6 Å². The topological polar surface area (TPSA) is 129 Å². The molecule has 6 rings (SSSR count). The van der Waals surface area contributed by atoms with E-state index >= 15 is 0 Å². The molecule has 0 radical (unpaired) electrons. The number of rotatable bonds is 11. The van der Waals surface area contributed by atoms with Crippen LogP contribution in [0.3, 0.4) is 0 Å². The van der Waals surface area contributed by atoms with E-state index in [-0.39, 0.29) is 29.3 Å². The van der Waals surface area contributed by atoms with Crippen molar-refractivity contribution in [1.29, 1.82) is 0 Å². The highest BCUT2D eigenvalue weighted by atomic mass is 19.4. The molecule has 5 aromatic rings. The van der Waals surface area contributed by atoms with E-state index in [1.54, 1.807) is 42.5 Å². The van der Waals surface area contributed by atoms with Crippen molar-refractivity contribution in [3.05, 3.63) is 83.4 Å². The van der Waals surface area contributed by atoms with Crippen LogP contribution in [0.15, 0.2) is 60.9 Å². The summed E-state index contributed by atoms with van der Waals surface area (Å²) in [5, 5.41) is 15.0. The zero-order valence-electron chi connectivity index (χ0n) is 26.4. The summed E-state index contributed by atoms with van der Waals surface area (Å²) < 4.78 is 63.0. The van der Waals surface area contributed by atoms with E-state index in [1.807, 2.05) is 6.92 Å². The Morgan fingerprint density at radius 3 is 2.48 bits per heavy atom. The number of benzene rings is 3. The fraction of sp³-hybridized carbons (Fsp3) is 0.364. The largest absolute Gasteiger partial charge is 0.496 e. The Kier molecular flexibility index (Phi) is 9.20. The van der Waals surface area contributed by atoms with Crippen LogP contribution in [0.1, 0.15) is 53.6 Å². The molecule has 0 spiro atoms. The number of anilines is 2. The van der Waals surface area contributed by atoms with Gasteiger partial charge in [0, 0.05) is 24.7 Å². The van der Waals surface area contributed by atoms with E-state index in [2.05, 4.69) is 30.7 Å². The number of hydrogen-bond donors (Lipinski definition) is 2. The summed E-state index contributed by atoms with van der Waals surface area (Å²) in [5.41, 5.74) is 9.80. The Balaban J connectivity index is 1.36. The first-order valence-electron chi connectivity index (χ1n) is 15.6. The molecule has 3 N–H and O–H groups in total. The third kappa shape index (κ3) is 6.75. The summed E-state index contributed by atoms with van der Waals surface area (Å²) in [4.78, 5) is 19.4. The van der Waals surface area contributed by atoms with Gasteiger partial charge < -0.3 is 25.3 Å². The van der Waals surface area contributed by atoms with Gasteiger partial charge in [0.2, 0.25) is 5.95 Å². The van der Waals surface area contributed by atoms with Crippen LogP contribution in [-0.2, 0) is 13.0 Å². The summed E-state index contributed by atoms with van der Waals surface area (Å²) >= 11 is 0. The van der Waals surface area contributed by atoms with Gasteiger partial charge in [-0.15, -0.1) is 5.10 Å². The number of halogens is 4. The van der Waals surface area contributed by atoms with Crippen LogP contribution in [0.4, 0.5) is 29.2 Å². The van der Waals surface area contributed by atoms with Gasteiger partial charge in [0.1, 0.15) is 24.4 Å². The number of nitrogens with two attached hydrogens (primary N) is 1. The van der Waals surface area contributed by atoms with Crippen molar-refractivity contribution in [2.75, 3.05) is 30.4 Å². The number of nitrogens with one attached hydrogen (secondary N) is 1. The van der Waals surface area contributed by atoms with Crippen LogP contribution in [-0.4, -0.2) is 68.1 Å². The van der Waals surface area contributed by atoms with E-state index in [1.165, 1.54) is 34.8 Å². The first kappa shape index (κ1) is 32.7. The number of alkyl halides is 3. The maximum atomic E-state index is 13.8. The molecule has 48 heavy (non-hydrogen) atoms. The Hall–Kier alpha value is -5.21. The molecule has 1 amide bonds. The number of piperidine rings is 1. The molecule has 0 saturated carbocycles. The van der Waals surface area contributed by atoms with Crippen molar-refractivity contribution in [1.82, 2.24) is 29.8 Å². The van der Waals surface area contributed by atoms with E-state index in [0.717, 1.165) is 11.3 Å². The number of carbonyl (C=O) groups excluding carboxylic acids is 1. The number of imidazole rings is 1. The predicted octanol–water partition coefficient (Wildman–Crippen LogP) is 5.64. The highest BCUT2D eigenvalue weighted by Gasteiger charge is 2.33. The molecule has 1 fully saturated rings. The lowest BCUT2D eigenvalue weighted by molar-refractivity contribution is -0.139. The van der Waals surface area contributed by atoms with Crippen molar-refractivity contribution in [3.63, 3.8) is 0 Å². The number of hydrogen-bond acceptors (Lipinski definition) is 8. The second-order valence-electron chi connectivity index (χ2n) is 11.8. The van der Waals surface area contributed by atoms with E-state index in [9.17, 15) is 22.4 Å². The molecule has 1 atom stereocenters. The molecule has 0 aliphatic carbocycles. The van der Waals surface area contributed by atoms with Crippen molar-refractivity contribution in [2.45, 2.75) is 57.3 Å².